The van der Waals surface area contributed by atoms with Crippen molar-refractivity contribution in [2.45, 2.75) is 24.9 Å². The smallest absolute Gasteiger partial charge is 0.254 e. The molecular weight excluding hydrogens is 350 g/mol. The molecule has 0 unspecified atom stereocenters. The van der Waals surface area contributed by atoms with Crippen molar-refractivity contribution < 1.29 is 9.53 Å². The van der Waals surface area contributed by atoms with Crippen LogP contribution in [0.5, 0.6) is 5.75 Å². The number of halogens is 1. The Bertz CT molecular complexity index is 808. The summed E-state index contributed by atoms with van der Waals surface area (Å²) in [7, 11) is 1.51. The zero-order valence-electron chi connectivity index (χ0n) is 13.6. The molecular formula is C16H18ClN3O3S. The van der Waals surface area contributed by atoms with Crippen molar-refractivity contribution in [2.24, 2.45) is 0 Å². The standard InChI is InChI=1S/C16H18ClN3O3S/c1-9-11(15(22)20-16(18-9)24-3)5-7-14(21)19-12-8-10(17)4-6-13(12)23-2/h4,6,8H,5,7H2,1-3H3,(H,19,21)(H,18,20,22). The first-order valence-electron chi connectivity index (χ1n) is 7.21. The van der Waals surface area contributed by atoms with Gasteiger partial charge in [-0.2, -0.15) is 0 Å². The Morgan fingerprint density at radius 1 is 1.46 bits per heavy atom. The SMILES string of the molecule is COc1ccc(Cl)cc1NC(=O)CCc1c(C)nc(SC)[nH]c1=O. The summed E-state index contributed by atoms with van der Waals surface area (Å²) in [5.41, 5.74) is 1.44. The highest BCUT2D eigenvalue weighted by Crippen LogP contribution is 2.27. The van der Waals surface area contributed by atoms with Crippen LogP contribution < -0.4 is 15.6 Å². The predicted molar refractivity (Wildman–Crippen MR) is 96.3 cm³/mol. The van der Waals surface area contributed by atoms with Gasteiger partial charge in [0.05, 0.1) is 12.8 Å². The third kappa shape index (κ3) is 4.52. The van der Waals surface area contributed by atoms with Gasteiger partial charge in [0.1, 0.15) is 5.75 Å². The number of benzene rings is 1. The topological polar surface area (TPSA) is 84.1 Å². The van der Waals surface area contributed by atoms with Crippen molar-refractivity contribution in [1.82, 2.24) is 9.97 Å². The number of carbonyl (C=O) groups is 1. The second-order valence-corrected chi connectivity index (χ2v) is 6.26. The van der Waals surface area contributed by atoms with Crippen molar-refractivity contribution in [3.63, 3.8) is 0 Å². The summed E-state index contributed by atoms with van der Waals surface area (Å²) < 4.78 is 5.19. The number of hydrogen-bond acceptors (Lipinski definition) is 5. The highest BCUT2D eigenvalue weighted by atomic mass is 35.5. The summed E-state index contributed by atoms with van der Waals surface area (Å²) in [4.78, 5) is 31.2. The van der Waals surface area contributed by atoms with Crippen molar-refractivity contribution in [3.05, 3.63) is 44.8 Å². The summed E-state index contributed by atoms with van der Waals surface area (Å²) in [5, 5.41) is 3.81. The molecule has 1 aromatic carbocycles. The Hall–Kier alpha value is -1.99. The third-order valence-corrected chi connectivity index (χ3v) is 4.25. The lowest BCUT2D eigenvalue weighted by molar-refractivity contribution is -0.116. The van der Waals surface area contributed by atoms with Crippen molar-refractivity contribution >= 4 is 35.0 Å². The lowest BCUT2D eigenvalue weighted by Crippen LogP contribution is -2.20. The fourth-order valence-corrected chi connectivity index (χ4v) is 2.80. The van der Waals surface area contributed by atoms with Gasteiger partial charge in [0.25, 0.3) is 5.56 Å². The molecule has 0 saturated carbocycles. The van der Waals surface area contributed by atoms with E-state index in [1.54, 1.807) is 25.1 Å². The van der Waals surface area contributed by atoms with Crippen LogP contribution in [0.4, 0.5) is 5.69 Å². The Kier molecular flexibility index (Phi) is 6.28. The molecule has 0 spiro atoms. The van der Waals surface area contributed by atoms with Crippen molar-refractivity contribution in [2.75, 3.05) is 18.7 Å². The number of carbonyl (C=O) groups excluding carboxylic acids is 1. The summed E-state index contributed by atoms with van der Waals surface area (Å²) in [6.45, 7) is 1.77. The second-order valence-electron chi connectivity index (χ2n) is 5.03. The van der Waals surface area contributed by atoms with Crippen LogP contribution in [0.15, 0.2) is 28.2 Å². The minimum atomic E-state index is -0.233. The molecule has 0 aliphatic carbocycles. The maximum absolute atomic E-state index is 12.2. The Morgan fingerprint density at radius 3 is 2.83 bits per heavy atom. The van der Waals surface area contributed by atoms with Crippen molar-refractivity contribution in [1.29, 1.82) is 0 Å². The molecule has 1 amide bonds. The molecule has 0 fully saturated rings. The first kappa shape index (κ1) is 18.4. The van der Waals surface area contributed by atoms with Gasteiger partial charge in [0.2, 0.25) is 5.91 Å². The number of thioether (sulfide) groups is 1. The number of nitrogens with one attached hydrogen (secondary N) is 2. The molecule has 0 atom stereocenters. The molecule has 0 saturated heterocycles. The number of ether oxygens (including phenoxy) is 1. The fraction of sp³-hybridized carbons (Fsp3) is 0.312. The number of amides is 1. The average molecular weight is 368 g/mol. The van der Waals surface area contributed by atoms with E-state index in [-0.39, 0.29) is 17.9 Å². The van der Waals surface area contributed by atoms with E-state index in [9.17, 15) is 9.59 Å². The molecule has 128 valence electrons. The number of aromatic nitrogens is 2. The van der Waals surface area contributed by atoms with Crippen LogP contribution >= 0.6 is 23.4 Å². The number of nitrogens with zero attached hydrogens (tertiary/aromatic N) is 1. The third-order valence-electron chi connectivity index (χ3n) is 3.43. The van der Waals surface area contributed by atoms with E-state index in [0.29, 0.717) is 39.3 Å². The van der Waals surface area contributed by atoms with E-state index in [4.69, 9.17) is 16.3 Å². The number of aromatic amines is 1. The number of methoxy groups -OCH3 is 1. The highest BCUT2D eigenvalue weighted by molar-refractivity contribution is 7.98. The average Bonchev–Trinajstić information content (AvgIpc) is 2.54. The summed E-state index contributed by atoms with van der Waals surface area (Å²) in [6.07, 6.45) is 2.29. The molecule has 24 heavy (non-hydrogen) atoms. The first-order valence-corrected chi connectivity index (χ1v) is 8.82. The molecule has 6 nitrogen and oxygen atoms in total. The molecule has 1 aromatic heterocycles. The minimum absolute atomic E-state index is 0.153. The molecule has 8 heteroatoms. The number of H-pyrrole nitrogens is 1. The quantitative estimate of drug-likeness (QED) is 0.605. The lowest BCUT2D eigenvalue weighted by atomic mass is 10.1. The number of anilines is 1. The lowest BCUT2D eigenvalue weighted by Gasteiger charge is -2.11. The number of hydrogen-bond donors (Lipinski definition) is 2. The molecule has 1 heterocycles. The monoisotopic (exact) mass is 367 g/mol. The van der Waals surface area contributed by atoms with Gasteiger partial charge in [-0.25, -0.2) is 4.98 Å². The Morgan fingerprint density at radius 2 is 2.21 bits per heavy atom. The van der Waals surface area contributed by atoms with Gasteiger partial charge in [0, 0.05) is 22.7 Å². The van der Waals surface area contributed by atoms with Gasteiger partial charge >= 0.3 is 0 Å². The van der Waals surface area contributed by atoms with Crippen LogP contribution in [-0.2, 0) is 11.2 Å². The van der Waals surface area contributed by atoms with Gasteiger partial charge < -0.3 is 15.0 Å². The molecule has 0 bridgehead atoms. The van der Waals surface area contributed by atoms with Gasteiger partial charge in [-0.15, -0.1) is 0 Å². The van der Waals surface area contributed by atoms with E-state index >= 15 is 0 Å². The second kappa shape index (κ2) is 8.21. The normalized spacial score (nSPS) is 10.5. The highest BCUT2D eigenvalue weighted by Gasteiger charge is 2.12. The van der Waals surface area contributed by atoms with Crippen LogP contribution in [0.25, 0.3) is 0 Å². The van der Waals surface area contributed by atoms with Crippen molar-refractivity contribution in [3.8, 4) is 5.75 Å². The maximum Gasteiger partial charge on any atom is 0.254 e. The van der Waals surface area contributed by atoms with E-state index in [2.05, 4.69) is 15.3 Å². The summed E-state index contributed by atoms with van der Waals surface area (Å²) in [5.74, 6) is 0.288. The van der Waals surface area contributed by atoms with E-state index in [1.165, 1.54) is 18.9 Å². The largest absolute Gasteiger partial charge is 0.495 e. The first-order chi connectivity index (χ1) is 11.4. The van der Waals surface area contributed by atoms with E-state index < -0.39 is 0 Å². The number of aryl methyl sites for hydroxylation is 1. The predicted octanol–water partition coefficient (Wildman–Crippen LogP) is 3.03. The molecule has 2 N–H and O–H groups in total. The minimum Gasteiger partial charge on any atom is -0.495 e. The van der Waals surface area contributed by atoms with Gasteiger partial charge in [-0.1, -0.05) is 23.4 Å². The maximum atomic E-state index is 12.2. The number of rotatable bonds is 6. The molecule has 0 radical (unpaired) electrons. The Balaban J connectivity index is 2.07. The van der Waals surface area contributed by atoms with Gasteiger partial charge in [0.15, 0.2) is 5.16 Å². The molecule has 0 aliphatic heterocycles. The molecule has 0 aliphatic rings. The van der Waals surface area contributed by atoms with Crippen LogP contribution in [-0.4, -0.2) is 29.2 Å². The van der Waals surface area contributed by atoms with Gasteiger partial charge in [-0.05, 0) is 37.8 Å². The van der Waals surface area contributed by atoms with Gasteiger partial charge in [-0.3, -0.25) is 9.59 Å². The van der Waals surface area contributed by atoms with E-state index in [1.807, 2.05) is 6.26 Å². The fourth-order valence-electron chi connectivity index (χ4n) is 2.20. The van der Waals surface area contributed by atoms with Crippen LogP contribution in [0.2, 0.25) is 5.02 Å². The molecule has 2 aromatic rings. The van der Waals surface area contributed by atoms with E-state index in [0.717, 1.165) is 0 Å². The zero-order valence-corrected chi connectivity index (χ0v) is 15.2. The summed E-state index contributed by atoms with van der Waals surface area (Å²) >= 11 is 7.30. The van der Waals surface area contributed by atoms with Crippen LogP contribution in [0.3, 0.4) is 0 Å². The Labute approximate surface area is 149 Å². The zero-order chi connectivity index (χ0) is 17.7. The van der Waals surface area contributed by atoms with Crippen LogP contribution in [0, 0.1) is 6.92 Å². The summed E-state index contributed by atoms with van der Waals surface area (Å²) in [6, 6.07) is 4.97. The molecule has 2 rings (SSSR count). The van der Waals surface area contributed by atoms with Crippen LogP contribution in [0.1, 0.15) is 17.7 Å².